The van der Waals surface area contributed by atoms with Crippen LogP contribution in [0.5, 0.6) is 11.5 Å². The van der Waals surface area contributed by atoms with Crippen LogP contribution >= 0.6 is 27.5 Å². The average molecular weight is 455 g/mol. The van der Waals surface area contributed by atoms with Crippen LogP contribution < -0.4 is 14.8 Å². The van der Waals surface area contributed by atoms with Crippen molar-refractivity contribution in [3.05, 3.63) is 56.5 Å². The molecule has 0 unspecified atom stereocenters. The Hall–Kier alpha value is -1.72. The van der Waals surface area contributed by atoms with Crippen molar-refractivity contribution < 1.29 is 14.3 Å². The van der Waals surface area contributed by atoms with Crippen LogP contribution in [0.4, 0.5) is 0 Å². The first kappa shape index (κ1) is 21.6. The van der Waals surface area contributed by atoms with Gasteiger partial charge in [0.25, 0.3) is 5.91 Å². The predicted molar refractivity (Wildman–Crippen MR) is 113 cm³/mol. The Bertz CT molecular complexity index is 823. The molecule has 0 saturated heterocycles. The molecule has 27 heavy (non-hydrogen) atoms. The molecule has 0 aliphatic rings. The molecule has 2 aromatic carbocycles. The second-order valence-corrected chi connectivity index (χ2v) is 8.08. The summed E-state index contributed by atoms with van der Waals surface area (Å²) in [7, 11) is 1.68. The van der Waals surface area contributed by atoms with Crippen molar-refractivity contribution in [1.82, 2.24) is 5.32 Å². The summed E-state index contributed by atoms with van der Waals surface area (Å²) in [6.07, 6.45) is 0. The van der Waals surface area contributed by atoms with Crippen molar-refractivity contribution in [1.29, 1.82) is 0 Å². The molecule has 0 aliphatic heterocycles. The van der Waals surface area contributed by atoms with E-state index >= 15 is 0 Å². The number of aryl methyl sites for hydroxylation is 1. The highest BCUT2D eigenvalue weighted by Gasteiger charge is 2.17. The monoisotopic (exact) mass is 453 g/mol. The third-order valence-corrected chi connectivity index (χ3v) is 5.13. The molecule has 2 aromatic rings. The number of carbonyl (C=O) groups is 1. The van der Waals surface area contributed by atoms with Crippen molar-refractivity contribution in [3.63, 3.8) is 0 Å². The van der Waals surface area contributed by atoms with Crippen molar-refractivity contribution in [2.75, 3.05) is 13.7 Å². The minimum Gasteiger partial charge on any atom is -0.496 e. The molecule has 0 heterocycles. The van der Waals surface area contributed by atoms with Gasteiger partial charge in [0.1, 0.15) is 11.5 Å². The van der Waals surface area contributed by atoms with Gasteiger partial charge < -0.3 is 14.8 Å². The van der Waals surface area contributed by atoms with E-state index in [2.05, 4.69) is 41.2 Å². The molecule has 0 aliphatic carbocycles. The van der Waals surface area contributed by atoms with Crippen LogP contribution in [0.3, 0.4) is 0 Å². The number of nitrogens with one attached hydrogen (secondary N) is 1. The molecule has 0 spiro atoms. The van der Waals surface area contributed by atoms with E-state index < -0.39 is 0 Å². The molecule has 146 valence electrons. The van der Waals surface area contributed by atoms with Crippen molar-refractivity contribution >= 4 is 33.4 Å². The minimum atomic E-state index is -0.206. The summed E-state index contributed by atoms with van der Waals surface area (Å²) in [5, 5.41) is 3.44. The Labute approximate surface area is 174 Å². The molecule has 0 saturated carbocycles. The van der Waals surface area contributed by atoms with Gasteiger partial charge in [0, 0.05) is 4.47 Å². The third kappa shape index (κ3) is 5.63. The number of ether oxygens (including phenoxy) is 2. The number of hydrogen-bond donors (Lipinski definition) is 1. The lowest BCUT2D eigenvalue weighted by atomic mass is 9.93. The van der Waals surface area contributed by atoms with Crippen molar-refractivity contribution in [2.45, 2.75) is 39.7 Å². The Kier molecular flexibility index (Phi) is 7.57. The fraction of sp³-hybridized carbons (Fsp3) is 0.381. The van der Waals surface area contributed by atoms with Gasteiger partial charge in [0.05, 0.1) is 18.2 Å². The summed E-state index contributed by atoms with van der Waals surface area (Å²) in [5.74, 6) is 1.47. The smallest absolute Gasteiger partial charge is 0.258 e. The first-order valence-electron chi connectivity index (χ1n) is 8.78. The Morgan fingerprint density at radius 1 is 1.15 bits per heavy atom. The number of benzene rings is 2. The Balaban J connectivity index is 2.06. The molecule has 0 radical (unpaired) electrons. The zero-order valence-corrected chi connectivity index (χ0v) is 18.6. The molecule has 6 heteroatoms. The van der Waals surface area contributed by atoms with E-state index in [1.54, 1.807) is 19.2 Å². The topological polar surface area (TPSA) is 47.6 Å². The van der Waals surface area contributed by atoms with E-state index in [0.29, 0.717) is 16.7 Å². The standard InChI is InChI=1S/C21H25BrClNO3/c1-12(2)16-10-17(13(3)8-20(16)26-5)14(4)24-21(25)11-27-19-7-6-15(22)9-18(19)23/h6-10,12,14H,11H2,1-5H3,(H,24,25)/t14-/m1/s1. The maximum Gasteiger partial charge on any atom is 0.258 e. The number of methoxy groups -OCH3 is 1. The number of rotatable bonds is 7. The summed E-state index contributed by atoms with van der Waals surface area (Å²) < 4.78 is 11.9. The maximum absolute atomic E-state index is 12.3. The van der Waals surface area contributed by atoms with Gasteiger partial charge in [-0.25, -0.2) is 0 Å². The molecule has 0 aromatic heterocycles. The zero-order valence-electron chi connectivity index (χ0n) is 16.2. The van der Waals surface area contributed by atoms with Gasteiger partial charge in [-0.05, 0) is 66.8 Å². The lowest BCUT2D eigenvalue weighted by Gasteiger charge is -2.21. The lowest BCUT2D eigenvalue weighted by molar-refractivity contribution is -0.123. The first-order valence-corrected chi connectivity index (χ1v) is 9.95. The molecular weight excluding hydrogens is 430 g/mol. The number of halogens is 2. The second kappa shape index (κ2) is 9.47. The quantitative estimate of drug-likeness (QED) is 0.575. The molecule has 0 fully saturated rings. The fourth-order valence-electron chi connectivity index (χ4n) is 2.91. The van der Waals surface area contributed by atoms with Crippen LogP contribution in [-0.4, -0.2) is 19.6 Å². The average Bonchev–Trinajstić information content (AvgIpc) is 2.60. The van der Waals surface area contributed by atoms with Crippen LogP contribution in [0, 0.1) is 6.92 Å². The largest absolute Gasteiger partial charge is 0.496 e. The zero-order chi connectivity index (χ0) is 20.1. The van der Waals surface area contributed by atoms with Crippen LogP contribution in [0.2, 0.25) is 5.02 Å². The summed E-state index contributed by atoms with van der Waals surface area (Å²) in [6.45, 7) is 8.12. The van der Waals surface area contributed by atoms with Crippen LogP contribution in [0.1, 0.15) is 49.4 Å². The Morgan fingerprint density at radius 3 is 2.44 bits per heavy atom. The number of hydrogen-bond acceptors (Lipinski definition) is 3. The molecule has 2 rings (SSSR count). The van der Waals surface area contributed by atoms with E-state index in [0.717, 1.165) is 26.9 Å². The van der Waals surface area contributed by atoms with Crippen LogP contribution in [0.25, 0.3) is 0 Å². The number of amides is 1. The molecule has 1 amide bonds. The molecule has 1 N–H and O–H groups in total. The van der Waals surface area contributed by atoms with E-state index in [4.69, 9.17) is 21.1 Å². The summed E-state index contributed by atoms with van der Waals surface area (Å²) in [6, 6.07) is 9.25. The van der Waals surface area contributed by atoms with Gasteiger partial charge in [-0.15, -0.1) is 0 Å². The summed E-state index contributed by atoms with van der Waals surface area (Å²) in [4.78, 5) is 12.3. The van der Waals surface area contributed by atoms with Crippen molar-refractivity contribution in [2.24, 2.45) is 0 Å². The van der Waals surface area contributed by atoms with E-state index in [1.807, 2.05) is 26.0 Å². The van der Waals surface area contributed by atoms with E-state index in [9.17, 15) is 4.79 Å². The molecule has 0 bridgehead atoms. The first-order chi connectivity index (χ1) is 12.7. The normalized spacial score (nSPS) is 12.0. The van der Waals surface area contributed by atoms with Gasteiger partial charge in [-0.3, -0.25) is 4.79 Å². The minimum absolute atomic E-state index is 0.0993. The molecule has 1 atom stereocenters. The SMILES string of the molecule is COc1cc(C)c([C@@H](C)NC(=O)COc2ccc(Br)cc2Cl)cc1C(C)C. The van der Waals surface area contributed by atoms with Crippen molar-refractivity contribution in [3.8, 4) is 11.5 Å². The second-order valence-electron chi connectivity index (χ2n) is 6.76. The summed E-state index contributed by atoms with van der Waals surface area (Å²) >= 11 is 9.45. The highest BCUT2D eigenvalue weighted by atomic mass is 79.9. The molecule has 4 nitrogen and oxygen atoms in total. The molecular formula is C21H25BrClNO3. The lowest BCUT2D eigenvalue weighted by Crippen LogP contribution is -2.31. The van der Waals surface area contributed by atoms with Gasteiger partial charge >= 0.3 is 0 Å². The van der Waals surface area contributed by atoms with E-state index in [1.165, 1.54) is 0 Å². The highest BCUT2D eigenvalue weighted by molar-refractivity contribution is 9.10. The van der Waals surface area contributed by atoms with Crippen LogP contribution in [-0.2, 0) is 4.79 Å². The van der Waals surface area contributed by atoms with Gasteiger partial charge in [-0.1, -0.05) is 41.4 Å². The van der Waals surface area contributed by atoms with Gasteiger partial charge in [0.2, 0.25) is 0 Å². The Morgan fingerprint density at radius 2 is 1.85 bits per heavy atom. The van der Waals surface area contributed by atoms with Gasteiger partial charge in [0.15, 0.2) is 6.61 Å². The summed E-state index contributed by atoms with van der Waals surface area (Å²) in [5.41, 5.74) is 3.26. The van der Waals surface area contributed by atoms with Gasteiger partial charge in [-0.2, -0.15) is 0 Å². The third-order valence-electron chi connectivity index (χ3n) is 4.34. The number of carbonyl (C=O) groups excluding carboxylic acids is 1. The van der Waals surface area contributed by atoms with Crippen LogP contribution in [0.15, 0.2) is 34.8 Å². The highest BCUT2D eigenvalue weighted by Crippen LogP contribution is 2.32. The maximum atomic E-state index is 12.3. The fourth-order valence-corrected chi connectivity index (χ4v) is 3.63. The predicted octanol–water partition coefficient (Wildman–Crippen LogP) is 5.80. The van der Waals surface area contributed by atoms with E-state index in [-0.39, 0.29) is 18.6 Å².